The van der Waals surface area contributed by atoms with Crippen molar-refractivity contribution in [3.8, 4) is 0 Å². The van der Waals surface area contributed by atoms with Gasteiger partial charge in [-0.3, -0.25) is 0 Å². The van der Waals surface area contributed by atoms with Gasteiger partial charge in [-0.2, -0.15) is 0 Å². The summed E-state index contributed by atoms with van der Waals surface area (Å²) in [5, 5.41) is 3.74. The second-order valence-electron chi connectivity index (χ2n) is 5.60. The predicted octanol–water partition coefficient (Wildman–Crippen LogP) is 4.57. The molecule has 1 fully saturated rings. The Hall–Kier alpha value is -0.860. The Labute approximate surface area is 123 Å². The molecule has 1 aliphatic heterocycles. The number of hydrogen-bond donors (Lipinski definition) is 0. The fourth-order valence-corrected chi connectivity index (χ4v) is 3.69. The quantitative estimate of drug-likeness (QED) is 0.753. The third-order valence-corrected chi connectivity index (χ3v) is 5.32. The molecule has 0 amide bonds. The number of ether oxygens (including phenoxy) is 1. The topological polar surface area (TPSA) is 9.23 Å². The molecule has 0 saturated carbocycles. The van der Waals surface area contributed by atoms with E-state index in [0.717, 1.165) is 25.0 Å². The number of fused-ring (bicyclic) bond motifs is 1. The van der Waals surface area contributed by atoms with Crippen LogP contribution in [0, 0.1) is 5.41 Å². The van der Waals surface area contributed by atoms with Crippen LogP contribution in [-0.4, -0.2) is 18.5 Å². The van der Waals surface area contributed by atoms with E-state index in [1.807, 2.05) is 0 Å². The van der Waals surface area contributed by atoms with Gasteiger partial charge in [0, 0.05) is 17.4 Å². The van der Waals surface area contributed by atoms with E-state index in [2.05, 4.69) is 58.4 Å². The summed E-state index contributed by atoms with van der Waals surface area (Å²) in [7, 11) is 0. The summed E-state index contributed by atoms with van der Waals surface area (Å²) in [5.74, 6) is 0. The Morgan fingerprint density at radius 3 is 2.74 bits per heavy atom. The Morgan fingerprint density at radius 1 is 1.11 bits per heavy atom. The van der Waals surface area contributed by atoms with Gasteiger partial charge in [-0.1, -0.05) is 58.4 Å². The van der Waals surface area contributed by atoms with Crippen LogP contribution in [0.2, 0.25) is 0 Å². The van der Waals surface area contributed by atoms with Crippen molar-refractivity contribution in [2.45, 2.75) is 19.3 Å². The number of halogens is 1. The summed E-state index contributed by atoms with van der Waals surface area (Å²) in [5.41, 5.74) is 1.71. The van der Waals surface area contributed by atoms with E-state index < -0.39 is 0 Å². The molecule has 3 rings (SSSR count). The van der Waals surface area contributed by atoms with Crippen LogP contribution in [0.15, 0.2) is 42.5 Å². The van der Waals surface area contributed by atoms with E-state index in [0.29, 0.717) is 0 Å². The molecule has 0 N–H and O–H groups in total. The maximum Gasteiger partial charge on any atom is 0.0533 e. The highest BCUT2D eigenvalue weighted by Crippen LogP contribution is 2.36. The zero-order valence-corrected chi connectivity index (χ0v) is 12.7. The van der Waals surface area contributed by atoms with Gasteiger partial charge in [0.1, 0.15) is 0 Å². The molecule has 1 heterocycles. The molecular formula is C17H19BrO. The molecule has 0 aliphatic carbocycles. The first kappa shape index (κ1) is 13.1. The smallest absolute Gasteiger partial charge is 0.0533 e. The molecule has 100 valence electrons. The molecule has 0 bridgehead atoms. The van der Waals surface area contributed by atoms with E-state index in [1.54, 1.807) is 0 Å². The van der Waals surface area contributed by atoms with E-state index in [-0.39, 0.29) is 5.41 Å². The average Bonchev–Trinajstić information content (AvgIpc) is 2.49. The maximum absolute atomic E-state index is 5.73. The molecule has 1 nitrogen and oxygen atoms in total. The van der Waals surface area contributed by atoms with Gasteiger partial charge in [0.2, 0.25) is 0 Å². The molecule has 1 atom stereocenters. The lowest BCUT2D eigenvalue weighted by molar-refractivity contribution is 0.00631. The van der Waals surface area contributed by atoms with Crippen LogP contribution < -0.4 is 0 Å². The Bertz CT molecular complexity index is 553. The van der Waals surface area contributed by atoms with E-state index in [4.69, 9.17) is 4.74 Å². The fraction of sp³-hybridized carbons (Fsp3) is 0.412. The van der Waals surface area contributed by atoms with Gasteiger partial charge in [0.15, 0.2) is 0 Å². The normalized spacial score (nSPS) is 23.6. The first-order valence-electron chi connectivity index (χ1n) is 6.93. The molecule has 0 spiro atoms. The van der Waals surface area contributed by atoms with E-state index in [9.17, 15) is 0 Å². The minimum Gasteiger partial charge on any atom is -0.381 e. The molecule has 2 heteroatoms. The largest absolute Gasteiger partial charge is 0.381 e. The Morgan fingerprint density at radius 2 is 1.95 bits per heavy atom. The highest BCUT2D eigenvalue weighted by molar-refractivity contribution is 9.09. The highest BCUT2D eigenvalue weighted by atomic mass is 79.9. The van der Waals surface area contributed by atoms with Crippen molar-refractivity contribution in [2.24, 2.45) is 5.41 Å². The van der Waals surface area contributed by atoms with Crippen molar-refractivity contribution in [3.05, 3.63) is 48.0 Å². The van der Waals surface area contributed by atoms with Crippen LogP contribution in [0.3, 0.4) is 0 Å². The average molecular weight is 319 g/mol. The third kappa shape index (κ3) is 2.70. The molecule has 2 aromatic carbocycles. The summed E-state index contributed by atoms with van der Waals surface area (Å²) < 4.78 is 5.73. The number of alkyl halides is 1. The zero-order chi connectivity index (χ0) is 13.1. The number of rotatable bonds is 3. The molecule has 0 radical (unpaired) electrons. The van der Waals surface area contributed by atoms with E-state index >= 15 is 0 Å². The molecule has 1 unspecified atom stereocenters. The summed E-state index contributed by atoms with van der Waals surface area (Å²) in [6.07, 6.45) is 3.53. The fourth-order valence-electron chi connectivity index (χ4n) is 3.05. The van der Waals surface area contributed by atoms with Crippen LogP contribution in [0.25, 0.3) is 10.8 Å². The lowest BCUT2D eigenvalue weighted by Gasteiger charge is -2.36. The second-order valence-corrected chi connectivity index (χ2v) is 6.17. The SMILES string of the molecule is BrCC1(Cc2cccc3ccccc23)CCCOC1. The Kier molecular flexibility index (Phi) is 3.90. The molecule has 0 aromatic heterocycles. The monoisotopic (exact) mass is 318 g/mol. The van der Waals surface area contributed by atoms with Crippen molar-refractivity contribution >= 4 is 26.7 Å². The summed E-state index contributed by atoms with van der Waals surface area (Å²) in [6.45, 7) is 1.80. The highest BCUT2D eigenvalue weighted by Gasteiger charge is 2.32. The Balaban J connectivity index is 1.96. The molecule has 1 aliphatic rings. The number of hydrogen-bond acceptors (Lipinski definition) is 1. The van der Waals surface area contributed by atoms with Gasteiger partial charge in [0.05, 0.1) is 6.61 Å². The van der Waals surface area contributed by atoms with Crippen molar-refractivity contribution in [1.82, 2.24) is 0 Å². The lowest BCUT2D eigenvalue weighted by atomic mass is 9.78. The summed E-state index contributed by atoms with van der Waals surface area (Å²) in [4.78, 5) is 0. The van der Waals surface area contributed by atoms with Crippen molar-refractivity contribution in [3.63, 3.8) is 0 Å². The minimum absolute atomic E-state index is 0.266. The van der Waals surface area contributed by atoms with Gasteiger partial charge in [-0.15, -0.1) is 0 Å². The lowest BCUT2D eigenvalue weighted by Crippen LogP contribution is -2.35. The maximum atomic E-state index is 5.73. The molecule has 19 heavy (non-hydrogen) atoms. The standard InChI is InChI=1S/C17H19BrO/c18-12-17(9-4-10-19-13-17)11-15-7-3-6-14-5-1-2-8-16(14)15/h1-3,5-8H,4,9-13H2. The summed E-state index contributed by atoms with van der Waals surface area (Å²) in [6, 6.07) is 15.3. The van der Waals surface area contributed by atoms with Crippen LogP contribution in [0.1, 0.15) is 18.4 Å². The molecule has 1 saturated heterocycles. The van der Waals surface area contributed by atoms with Gasteiger partial charge < -0.3 is 4.74 Å². The molecule has 2 aromatic rings. The van der Waals surface area contributed by atoms with Crippen LogP contribution >= 0.6 is 15.9 Å². The van der Waals surface area contributed by atoms with Crippen molar-refractivity contribution < 1.29 is 4.74 Å². The van der Waals surface area contributed by atoms with Crippen LogP contribution in [0.5, 0.6) is 0 Å². The predicted molar refractivity (Wildman–Crippen MR) is 83.9 cm³/mol. The van der Waals surface area contributed by atoms with Crippen LogP contribution in [0.4, 0.5) is 0 Å². The molecular weight excluding hydrogens is 300 g/mol. The second kappa shape index (κ2) is 5.64. The van der Waals surface area contributed by atoms with E-state index in [1.165, 1.54) is 29.2 Å². The van der Waals surface area contributed by atoms with Crippen molar-refractivity contribution in [2.75, 3.05) is 18.5 Å². The van der Waals surface area contributed by atoms with Gasteiger partial charge >= 0.3 is 0 Å². The van der Waals surface area contributed by atoms with Gasteiger partial charge in [-0.05, 0) is 35.6 Å². The van der Waals surface area contributed by atoms with Crippen LogP contribution in [-0.2, 0) is 11.2 Å². The first-order valence-corrected chi connectivity index (χ1v) is 8.06. The number of benzene rings is 2. The zero-order valence-electron chi connectivity index (χ0n) is 11.1. The van der Waals surface area contributed by atoms with Gasteiger partial charge in [-0.25, -0.2) is 0 Å². The first-order chi connectivity index (χ1) is 9.33. The van der Waals surface area contributed by atoms with Gasteiger partial charge in [0.25, 0.3) is 0 Å². The summed E-state index contributed by atoms with van der Waals surface area (Å²) >= 11 is 3.71. The third-order valence-electron chi connectivity index (χ3n) is 4.13. The van der Waals surface area contributed by atoms with Crippen molar-refractivity contribution in [1.29, 1.82) is 0 Å². The minimum atomic E-state index is 0.266.